The van der Waals surface area contributed by atoms with Crippen LogP contribution in [0, 0.1) is 0 Å². The van der Waals surface area contributed by atoms with E-state index in [0.717, 1.165) is 16.5 Å². The molecule has 0 fully saturated rings. The maximum atomic E-state index is 12.2. The molecule has 0 bridgehead atoms. The van der Waals surface area contributed by atoms with E-state index in [-0.39, 0.29) is 19.4 Å². The summed E-state index contributed by atoms with van der Waals surface area (Å²) in [7, 11) is 0. The van der Waals surface area contributed by atoms with E-state index in [1.165, 1.54) is 0 Å². The van der Waals surface area contributed by atoms with E-state index in [0.29, 0.717) is 17.1 Å². The molecule has 0 aliphatic carbocycles. The lowest BCUT2D eigenvalue weighted by Gasteiger charge is -2.05. The highest BCUT2D eigenvalue weighted by Gasteiger charge is 2.16. The lowest BCUT2D eigenvalue weighted by molar-refractivity contribution is 0.0475. The van der Waals surface area contributed by atoms with Crippen molar-refractivity contribution in [2.75, 3.05) is 6.79 Å². The molecular formula is C17H13NO4. The standard InChI is InChI=1S/C17H13NO4/c19-17(13-8-18-14-4-2-1-3-12(13)14)20-9-11-5-6-15-16(7-11)22-10-21-15/h1-8,18H,9-10H2. The molecule has 0 amide bonds. The molecule has 1 aliphatic rings. The fourth-order valence-electron chi connectivity index (χ4n) is 2.50. The quantitative estimate of drug-likeness (QED) is 0.753. The lowest BCUT2D eigenvalue weighted by atomic mass is 10.2. The average Bonchev–Trinajstić information content (AvgIpc) is 3.18. The van der Waals surface area contributed by atoms with Crippen LogP contribution in [0.5, 0.6) is 11.5 Å². The van der Waals surface area contributed by atoms with Gasteiger partial charge in [-0.05, 0) is 23.8 Å². The third-order valence-corrected chi connectivity index (χ3v) is 3.62. The van der Waals surface area contributed by atoms with Crippen LogP contribution in [0.4, 0.5) is 0 Å². The number of para-hydroxylation sites is 1. The first-order valence-electron chi connectivity index (χ1n) is 6.93. The third kappa shape index (κ3) is 2.16. The minimum absolute atomic E-state index is 0.189. The second-order valence-electron chi connectivity index (χ2n) is 5.01. The Kier molecular flexibility index (Phi) is 2.96. The molecule has 2 heterocycles. The molecule has 3 aromatic rings. The summed E-state index contributed by atoms with van der Waals surface area (Å²) in [4.78, 5) is 15.3. The summed E-state index contributed by atoms with van der Waals surface area (Å²) in [5.74, 6) is 1.04. The number of carbonyl (C=O) groups is 1. The molecule has 110 valence electrons. The van der Waals surface area contributed by atoms with E-state index in [1.54, 1.807) is 6.20 Å². The Morgan fingerprint density at radius 3 is 2.95 bits per heavy atom. The van der Waals surface area contributed by atoms with E-state index in [2.05, 4.69) is 4.98 Å². The van der Waals surface area contributed by atoms with Gasteiger partial charge >= 0.3 is 5.97 Å². The van der Waals surface area contributed by atoms with Gasteiger partial charge in [-0.2, -0.15) is 0 Å². The van der Waals surface area contributed by atoms with Crippen molar-refractivity contribution in [2.45, 2.75) is 6.61 Å². The van der Waals surface area contributed by atoms with Gasteiger partial charge in [-0.25, -0.2) is 4.79 Å². The van der Waals surface area contributed by atoms with Gasteiger partial charge in [0.2, 0.25) is 6.79 Å². The predicted molar refractivity (Wildman–Crippen MR) is 80.0 cm³/mol. The van der Waals surface area contributed by atoms with Crippen molar-refractivity contribution in [1.29, 1.82) is 0 Å². The summed E-state index contributed by atoms with van der Waals surface area (Å²) in [5.41, 5.74) is 2.31. The summed E-state index contributed by atoms with van der Waals surface area (Å²) in [6.07, 6.45) is 1.67. The van der Waals surface area contributed by atoms with Crippen molar-refractivity contribution >= 4 is 16.9 Å². The predicted octanol–water partition coefficient (Wildman–Crippen LogP) is 3.25. The molecule has 22 heavy (non-hydrogen) atoms. The molecule has 5 nitrogen and oxygen atoms in total. The van der Waals surface area contributed by atoms with Crippen LogP contribution in [0.25, 0.3) is 10.9 Å². The SMILES string of the molecule is O=C(OCc1ccc2c(c1)OCO2)c1c[nH]c2ccccc12. The van der Waals surface area contributed by atoms with Crippen molar-refractivity contribution in [3.8, 4) is 11.5 Å². The van der Waals surface area contributed by atoms with Crippen molar-refractivity contribution in [2.24, 2.45) is 0 Å². The Morgan fingerprint density at radius 1 is 1.14 bits per heavy atom. The average molecular weight is 295 g/mol. The zero-order valence-corrected chi connectivity index (χ0v) is 11.7. The van der Waals surface area contributed by atoms with Crippen LogP contribution < -0.4 is 9.47 Å². The number of aromatic nitrogens is 1. The van der Waals surface area contributed by atoms with Gasteiger partial charge < -0.3 is 19.2 Å². The van der Waals surface area contributed by atoms with Crippen LogP contribution >= 0.6 is 0 Å². The molecule has 5 heteroatoms. The zero-order valence-electron chi connectivity index (χ0n) is 11.7. The van der Waals surface area contributed by atoms with Gasteiger partial charge in [0.1, 0.15) is 6.61 Å². The van der Waals surface area contributed by atoms with Gasteiger partial charge in [0.05, 0.1) is 5.56 Å². The Morgan fingerprint density at radius 2 is 2.00 bits per heavy atom. The number of carbonyl (C=O) groups excluding carboxylic acids is 1. The summed E-state index contributed by atoms with van der Waals surface area (Å²) < 4.78 is 15.9. The fraction of sp³-hybridized carbons (Fsp3) is 0.118. The first kappa shape index (κ1) is 12.8. The van der Waals surface area contributed by atoms with Gasteiger partial charge in [0.15, 0.2) is 11.5 Å². The molecule has 1 aliphatic heterocycles. The van der Waals surface area contributed by atoms with Crippen LogP contribution in [0.1, 0.15) is 15.9 Å². The zero-order chi connectivity index (χ0) is 14.9. The number of rotatable bonds is 3. The first-order chi connectivity index (χ1) is 10.8. The molecule has 0 spiro atoms. The molecule has 2 aromatic carbocycles. The Bertz CT molecular complexity index is 853. The van der Waals surface area contributed by atoms with Gasteiger partial charge in [-0.3, -0.25) is 0 Å². The maximum Gasteiger partial charge on any atom is 0.340 e. The van der Waals surface area contributed by atoms with Crippen LogP contribution in [-0.4, -0.2) is 17.7 Å². The molecule has 4 rings (SSSR count). The van der Waals surface area contributed by atoms with Crippen molar-refractivity contribution < 1.29 is 19.0 Å². The second kappa shape index (κ2) is 5.11. The number of benzene rings is 2. The van der Waals surface area contributed by atoms with Crippen molar-refractivity contribution in [1.82, 2.24) is 4.98 Å². The monoisotopic (exact) mass is 295 g/mol. The summed E-state index contributed by atoms with van der Waals surface area (Å²) in [6, 6.07) is 13.1. The highest BCUT2D eigenvalue weighted by Crippen LogP contribution is 2.32. The molecule has 0 saturated heterocycles. The van der Waals surface area contributed by atoms with E-state index >= 15 is 0 Å². The van der Waals surface area contributed by atoms with Gasteiger partial charge in [-0.15, -0.1) is 0 Å². The normalized spacial score (nSPS) is 12.5. The van der Waals surface area contributed by atoms with Gasteiger partial charge in [0, 0.05) is 17.1 Å². The maximum absolute atomic E-state index is 12.2. The molecule has 0 atom stereocenters. The number of esters is 1. The van der Waals surface area contributed by atoms with Crippen LogP contribution in [0.2, 0.25) is 0 Å². The largest absolute Gasteiger partial charge is 0.457 e. The number of H-pyrrole nitrogens is 1. The molecule has 1 aromatic heterocycles. The Balaban J connectivity index is 1.50. The molecular weight excluding hydrogens is 282 g/mol. The molecule has 1 N–H and O–H groups in total. The highest BCUT2D eigenvalue weighted by molar-refractivity contribution is 6.03. The minimum atomic E-state index is -0.352. The Labute approximate surface area is 126 Å². The number of aromatic amines is 1. The highest BCUT2D eigenvalue weighted by atomic mass is 16.7. The smallest absolute Gasteiger partial charge is 0.340 e. The number of fused-ring (bicyclic) bond motifs is 2. The van der Waals surface area contributed by atoms with E-state index in [1.807, 2.05) is 42.5 Å². The number of ether oxygens (including phenoxy) is 3. The van der Waals surface area contributed by atoms with E-state index in [4.69, 9.17) is 14.2 Å². The van der Waals surface area contributed by atoms with Gasteiger partial charge in [0.25, 0.3) is 0 Å². The van der Waals surface area contributed by atoms with Crippen molar-refractivity contribution in [3.63, 3.8) is 0 Å². The van der Waals surface area contributed by atoms with E-state index in [9.17, 15) is 4.79 Å². The minimum Gasteiger partial charge on any atom is -0.457 e. The third-order valence-electron chi connectivity index (χ3n) is 3.62. The molecule has 0 unspecified atom stereocenters. The lowest BCUT2D eigenvalue weighted by Crippen LogP contribution is -2.04. The first-order valence-corrected chi connectivity index (χ1v) is 6.93. The fourth-order valence-corrected chi connectivity index (χ4v) is 2.50. The van der Waals surface area contributed by atoms with Crippen LogP contribution in [0.3, 0.4) is 0 Å². The topological polar surface area (TPSA) is 60.6 Å². The summed E-state index contributed by atoms with van der Waals surface area (Å²) in [5, 5.41) is 0.859. The Hall–Kier alpha value is -2.95. The van der Waals surface area contributed by atoms with Crippen LogP contribution in [-0.2, 0) is 11.3 Å². The van der Waals surface area contributed by atoms with E-state index < -0.39 is 0 Å². The molecule has 0 radical (unpaired) electrons. The summed E-state index contributed by atoms with van der Waals surface area (Å²) >= 11 is 0. The summed E-state index contributed by atoms with van der Waals surface area (Å²) in [6.45, 7) is 0.420. The van der Waals surface area contributed by atoms with Gasteiger partial charge in [-0.1, -0.05) is 24.3 Å². The number of nitrogens with one attached hydrogen (secondary N) is 1. The number of hydrogen-bond donors (Lipinski definition) is 1. The number of hydrogen-bond acceptors (Lipinski definition) is 4. The van der Waals surface area contributed by atoms with Crippen LogP contribution in [0.15, 0.2) is 48.7 Å². The van der Waals surface area contributed by atoms with Crippen molar-refractivity contribution in [3.05, 3.63) is 59.8 Å². The second-order valence-corrected chi connectivity index (χ2v) is 5.01. The molecule has 0 saturated carbocycles.